The van der Waals surface area contributed by atoms with Gasteiger partial charge in [-0.1, -0.05) is 263 Å². The fourth-order valence-electron chi connectivity index (χ4n) is 14.3. The average molecular weight is 1300 g/mol. The minimum absolute atomic E-state index is 0.0700. The third-order valence-electron chi connectivity index (χ3n) is 20.2. The zero-order valence-corrected chi connectivity index (χ0v) is 62.5. The van der Waals surface area contributed by atoms with Gasteiger partial charge in [-0.05, 0) is 155 Å². The van der Waals surface area contributed by atoms with E-state index in [9.17, 15) is 40.9 Å². The first kappa shape index (κ1) is 72.4. The van der Waals surface area contributed by atoms with E-state index in [-0.39, 0.29) is 119 Å². The van der Waals surface area contributed by atoms with E-state index < -0.39 is 21.7 Å². The third-order valence-corrected chi connectivity index (χ3v) is 20.2. The molecule has 8 nitrogen and oxygen atoms in total. The summed E-state index contributed by atoms with van der Waals surface area (Å²) >= 11 is 0. The second kappa shape index (κ2) is 25.2. The monoisotopic (exact) mass is 1300 g/mol. The summed E-state index contributed by atoms with van der Waals surface area (Å²) in [5, 5.41) is 103. The zero-order valence-electron chi connectivity index (χ0n) is 62.5. The van der Waals surface area contributed by atoms with Crippen LogP contribution in [0.1, 0.15) is 300 Å². The largest absolute Gasteiger partial charge is 0.507 e. The van der Waals surface area contributed by atoms with Crippen LogP contribution in [0.2, 0.25) is 0 Å². The molecule has 8 N–H and O–H groups in total. The highest BCUT2D eigenvalue weighted by Crippen LogP contribution is 2.48. The van der Waals surface area contributed by atoms with Crippen LogP contribution in [0.3, 0.4) is 0 Å². The van der Waals surface area contributed by atoms with Gasteiger partial charge in [-0.3, -0.25) is 0 Å². The maximum atomic E-state index is 13.0. The first-order valence-electron chi connectivity index (χ1n) is 34.7. The van der Waals surface area contributed by atoms with Crippen LogP contribution >= 0.6 is 0 Å². The topological polar surface area (TPSA) is 162 Å². The van der Waals surface area contributed by atoms with Gasteiger partial charge in [0.05, 0.1) is 0 Å². The van der Waals surface area contributed by atoms with Crippen LogP contribution < -0.4 is 0 Å². The Hall–Kier alpha value is -7.84. The highest BCUT2D eigenvalue weighted by molar-refractivity contribution is 5.63. The summed E-state index contributed by atoms with van der Waals surface area (Å²) in [7, 11) is 0. The van der Waals surface area contributed by atoms with Crippen molar-refractivity contribution < 1.29 is 40.9 Å². The summed E-state index contributed by atoms with van der Waals surface area (Å²) in [6.07, 6.45) is 1.46. The highest BCUT2D eigenvalue weighted by atomic mass is 16.3. The molecule has 0 saturated heterocycles. The van der Waals surface area contributed by atoms with Gasteiger partial charge in [-0.25, -0.2) is 0 Å². The molecule has 0 aliphatic heterocycles. The quantitative estimate of drug-likeness (QED) is 0.0744. The molecule has 8 heteroatoms. The molecule has 1 aliphatic rings. The van der Waals surface area contributed by atoms with Crippen LogP contribution in [-0.4, -0.2) is 40.9 Å². The van der Waals surface area contributed by atoms with Gasteiger partial charge in [0.2, 0.25) is 0 Å². The van der Waals surface area contributed by atoms with Crippen LogP contribution in [0.5, 0.6) is 46.0 Å². The molecular weight excluding hydrogens is 1180 g/mol. The smallest absolute Gasteiger partial charge is 0.122 e. The Labute approximate surface area is 575 Å². The summed E-state index contributed by atoms with van der Waals surface area (Å²) in [5.74, 6) is 0.629. The van der Waals surface area contributed by atoms with Crippen molar-refractivity contribution in [2.75, 3.05) is 0 Å². The lowest BCUT2D eigenvalue weighted by Gasteiger charge is -2.29. The molecule has 8 aromatic carbocycles. The normalized spacial score (nSPS) is 14.2. The molecule has 96 heavy (non-hydrogen) atoms. The van der Waals surface area contributed by atoms with Crippen molar-refractivity contribution in [2.45, 2.75) is 261 Å². The van der Waals surface area contributed by atoms with E-state index >= 15 is 0 Å². The average Bonchev–Trinajstić information content (AvgIpc) is 0.773. The summed E-state index contributed by atoms with van der Waals surface area (Å²) < 4.78 is 0. The molecule has 9 rings (SSSR count). The summed E-state index contributed by atoms with van der Waals surface area (Å²) in [6.45, 7) is 51.2. The first-order valence-corrected chi connectivity index (χ1v) is 34.7. The maximum absolute atomic E-state index is 13.0. The van der Waals surface area contributed by atoms with Gasteiger partial charge in [-0.2, -0.15) is 0 Å². The lowest BCUT2D eigenvalue weighted by molar-refractivity contribution is 0.445. The van der Waals surface area contributed by atoms with E-state index in [2.05, 4.69) is 197 Å². The Kier molecular flexibility index (Phi) is 19.0. The summed E-state index contributed by atoms with van der Waals surface area (Å²) in [5.41, 5.74) is 14.5. The number of benzene rings is 8. The zero-order chi connectivity index (χ0) is 71.4. The Balaban J connectivity index is 1.35. The minimum atomic E-state index is -0.434. The molecule has 0 radical (unpaired) electrons. The number of rotatable bonds is 0. The Morgan fingerprint density at radius 1 is 0.177 bits per heavy atom. The lowest BCUT2D eigenvalue weighted by atomic mass is 9.76. The van der Waals surface area contributed by atoms with Crippen molar-refractivity contribution in [3.8, 4) is 46.0 Å². The van der Waals surface area contributed by atoms with Crippen LogP contribution in [-0.2, 0) is 94.7 Å². The van der Waals surface area contributed by atoms with Gasteiger partial charge in [0.1, 0.15) is 46.0 Å². The van der Waals surface area contributed by atoms with Gasteiger partial charge < -0.3 is 40.9 Å². The van der Waals surface area contributed by atoms with Crippen molar-refractivity contribution >= 4 is 0 Å². The molecule has 16 bridgehead atoms. The third kappa shape index (κ3) is 15.0. The van der Waals surface area contributed by atoms with Gasteiger partial charge in [0.25, 0.3) is 0 Å². The standard InChI is InChI=1S/C88H112O8/c1-81(2,3)61-37-53-33-49-25-29-69(85(13,14)15)65(77(49)93)45-50-26-30-70(86(16,17)18)66(78(50)94)46-51-27-31-71(87(19,20)21)67(79(51)95)47-52-28-32-72(88(22,23)24)68(80(52)96)48-60-44-64(84(10,11)12)43-59(76(60)92)36-58-42-63(83(7,8)9)41-57(75(58)91)35-56-40-62(82(4,5)6)39-55(74(56)90)34-54(38-61)73(53)89/h25-32,37-44,89-96H,33-36,45-48H2,1-24H3. The van der Waals surface area contributed by atoms with Gasteiger partial charge in [-0.15, -0.1) is 0 Å². The number of phenolic OH excluding ortho intramolecular Hbond substituents is 8. The molecule has 0 aromatic heterocycles. The van der Waals surface area contributed by atoms with Crippen molar-refractivity contribution in [3.63, 3.8) is 0 Å². The van der Waals surface area contributed by atoms with Crippen molar-refractivity contribution in [3.05, 3.63) is 231 Å². The Bertz CT molecular complexity index is 4320. The van der Waals surface area contributed by atoms with Crippen LogP contribution in [0.25, 0.3) is 0 Å². The van der Waals surface area contributed by atoms with Crippen molar-refractivity contribution in [2.24, 2.45) is 0 Å². The molecule has 0 amide bonds. The molecular formula is C88H112O8. The molecule has 0 fully saturated rings. The molecule has 0 heterocycles. The summed E-state index contributed by atoms with van der Waals surface area (Å²) in [6, 6.07) is 32.5. The van der Waals surface area contributed by atoms with Crippen molar-refractivity contribution in [1.29, 1.82) is 0 Å². The van der Waals surface area contributed by atoms with Gasteiger partial charge in [0, 0.05) is 73.6 Å². The fourth-order valence-corrected chi connectivity index (χ4v) is 14.3. The Morgan fingerprint density at radius 2 is 0.323 bits per heavy atom. The molecule has 0 saturated carbocycles. The van der Waals surface area contributed by atoms with Crippen molar-refractivity contribution in [1.82, 2.24) is 0 Å². The van der Waals surface area contributed by atoms with Gasteiger partial charge in [0.15, 0.2) is 0 Å². The molecule has 512 valence electrons. The van der Waals surface area contributed by atoms with E-state index in [0.29, 0.717) is 89.0 Å². The number of hydrogen-bond donors (Lipinski definition) is 8. The summed E-state index contributed by atoms with van der Waals surface area (Å²) in [4.78, 5) is 0. The first-order chi connectivity index (χ1) is 43.9. The van der Waals surface area contributed by atoms with E-state index in [1.54, 1.807) is 0 Å². The van der Waals surface area contributed by atoms with Gasteiger partial charge >= 0.3 is 0 Å². The van der Waals surface area contributed by atoms with E-state index in [4.69, 9.17) is 0 Å². The van der Waals surface area contributed by atoms with Crippen LogP contribution in [0, 0.1) is 0 Å². The van der Waals surface area contributed by atoms with E-state index in [1.165, 1.54) is 0 Å². The minimum Gasteiger partial charge on any atom is -0.507 e. The number of phenols is 8. The number of fused-ring (bicyclic) bond motifs is 16. The molecule has 0 spiro atoms. The van der Waals surface area contributed by atoms with Crippen LogP contribution in [0.15, 0.2) is 97.1 Å². The van der Waals surface area contributed by atoms with E-state index in [0.717, 1.165) is 44.5 Å². The van der Waals surface area contributed by atoms with E-state index in [1.807, 2.05) is 66.7 Å². The molecule has 1 aliphatic carbocycles. The molecule has 0 atom stereocenters. The van der Waals surface area contributed by atoms with Crippen LogP contribution in [0.4, 0.5) is 0 Å². The fraction of sp³-hybridized carbons (Fsp3) is 0.455. The molecule has 0 unspecified atom stereocenters. The lowest BCUT2D eigenvalue weighted by Crippen LogP contribution is -2.18. The highest BCUT2D eigenvalue weighted by Gasteiger charge is 2.33. The maximum Gasteiger partial charge on any atom is 0.122 e. The SMILES string of the molecule is CC(C)(C)c1cc2c(O)c(c1)Cc1cc(C(C)(C)C)cc(c1O)Cc1ccc(C(C)(C)C)c(c1O)Cc1ccc(C(C)(C)C)c(c1O)Cc1ccc(C(C)(C)C)c(c1O)Cc1ccc(C(C)(C)C)c(c1O)Cc1cc(C(C)(C)C)cc(c1O)Cc1cc(C(C)(C)C)cc(c1O)C2. The predicted octanol–water partition coefficient (Wildman–Crippen LogP) is 20.8. The predicted molar refractivity (Wildman–Crippen MR) is 397 cm³/mol. The second-order valence-electron chi connectivity index (χ2n) is 36.4. The number of aromatic hydroxyl groups is 8. The molecule has 8 aromatic rings. The number of hydrogen-bond acceptors (Lipinski definition) is 8. The Morgan fingerprint density at radius 3 is 0.490 bits per heavy atom. The second-order valence-corrected chi connectivity index (χ2v) is 36.4.